The molecule has 0 fully saturated rings. The minimum absolute atomic E-state index is 0.105. The summed E-state index contributed by atoms with van der Waals surface area (Å²) in [6.45, 7) is 0.105. The molecule has 0 aliphatic carbocycles. The van der Waals surface area contributed by atoms with Gasteiger partial charge < -0.3 is 10.4 Å². The molecule has 1 amide bonds. The maximum Gasteiger partial charge on any atom is 0.259 e. The number of aromatic amines is 1. The van der Waals surface area contributed by atoms with E-state index in [4.69, 9.17) is 5.11 Å². The van der Waals surface area contributed by atoms with Crippen molar-refractivity contribution in [2.24, 2.45) is 0 Å². The summed E-state index contributed by atoms with van der Waals surface area (Å²) in [7, 11) is 0. The molecule has 0 bridgehead atoms. The van der Waals surface area contributed by atoms with Gasteiger partial charge in [-0.05, 0) is 36.2 Å². The first kappa shape index (κ1) is 14.9. The Balaban J connectivity index is 1.78. The predicted molar refractivity (Wildman–Crippen MR) is 87.0 cm³/mol. The Bertz CT molecular complexity index is 782. The van der Waals surface area contributed by atoms with Crippen LogP contribution in [0, 0.1) is 0 Å². The van der Waals surface area contributed by atoms with E-state index in [9.17, 15) is 4.79 Å². The number of anilines is 1. The normalized spacial score (nSPS) is 10.5. The summed E-state index contributed by atoms with van der Waals surface area (Å²) in [6.07, 6.45) is 3.75. The zero-order chi connectivity index (χ0) is 16.1. The molecule has 2 aromatic heterocycles. The molecule has 1 aromatic carbocycles. The second kappa shape index (κ2) is 6.85. The second-order valence-corrected chi connectivity index (χ2v) is 5.00. The van der Waals surface area contributed by atoms with E-state index in [0.29, 0.717) is 29.1 Å². The molecule has 3 aromatic rings. The summed E-state index contributed by atoms with van der Waals surface area (Å²) < 4.78 is 0. The lowest BCUT2D eigenvalue weighted by molar-refractivity contribution is 0.102. The van der Waals surface area contributed by atoms with Crippen molar-refractivity contribution in [3.63, 3.8) is 0 Å². The molecule has 3 N–H and O–H groups in total. The van der Waals surface area contributed by atoms with Gasteiger partial charge in [0.1, 0.15) is 0 Å². The molecule has 0 aliphatic heterocycles. The van der Waals surface area contributed by atoms with Crippen molar-refractivity contribution < 1.29 is 9.90 Å². The van der Waals surface area contributed by atoms with Gasteiger partial charge in [-0.2, -0.15) is 5.10 Å². The van der Waals surface area contributed by atoms with Gasteiger partial charge in [-0.3, -0.25) is 14.9 Å². The van der Waals surface area contributed by atoms with Crippen LogP contribution in [-0.2, 0) is 6.42 Å². The van der Waals surface area contributed by atoms with Gasteiger partial charge in [-0.1, -0.05) is 18.2 Å². The Morgan fingerprint density at radius 1 is 1.17 bits per heavy atom. The number of amides is 1. The maximum absolute atomic E-state index is 12.4. The molecule has 6 heteroatoms. The highest BCUT2D eigenvalue weighted by molar-refractivity contribution is 6.07. The molecule has 0 radical (unpaired) electrons. The van der Waals surface area contributed by atoms with Gasteiger partial charge in [0, 0.05) is 18.5 Å². The van der Waals surface area contributed by atoms with E-state index in [0.717, 1.165) is 5.56 Å². The molecule has 0 saturated heterocycles. The first-order valence-corrected chi connectivity index (χ1v) is 7.24. The predicted octanol–water partition coefficient (Wildman–Crippen LogP) is 2.26. The van der Waals surface area contributed by atoms with Gasteiger partial charge in [-0.25, -0.2) is 0 Å². The highest BCUT2D eigenvalue weighted by Crippen LogP contribution is 2.20. The third-order valence-corrected chi connectivity index (χ3v) is 3.42. The number of aromatic nitrogens is 3. The third-order valence-electron chi connectivity index (χ3n) is 3.42. The third kappa shape index (κ3) is 3.44. The minimum Gasteiger partial charge on any atom is -0.396 e. The SMILES string of the molecule is O=C(Nc1ccc(CCO)cc1)c1cn[nH]c1-c1ccccn1. The number of rotatable bonds is 5. The van der Waals surface area contributed by atoms with Crippen LogP contribution in [0.1, 0.15) is 15.9 Å². The van der Waals surface area contributed by atoms with E-state index in [-0.39, 0.29) is 12.5 Å². The lowest BCUT2D eigenvalue weighted by Gasteiger charge is -2.06. The van der Waals surface area contributed by atoms with Gasteiger partial charge in [0.2, 0.25) is 0 Å². The fourth-order valence-corrected chi connectivity index (χ4v) is 2.25. The summed E-state index contributed by atoms with van der Waals surface area (Å²) >= 11 is 0. The Morgan fingerprint density at radius 3 is 2.70 bits per heavy atom. The van der Waals surface area contributed by atoms with Crippen LogP contribution in [-0.4, -0.2) is 32.8 Å². The highest BCUT2D eigenvalue weighted by atomic mass is 16.3. The van der Waals surface area contributed by atoms with Gasteiger partial charge in [0.05, 0.1) is 23.1 Å². The molecule has 0 saturated carbocycles. The lowest BCUT2D eigenvalue weighted by atomic mass is 10.1. The summed E-state index contributed by atoms with van der Waals surface area (Å²) in [6, 6.07) is 12.8. The number of benzene rings is 1. The molecule has 116 valence electrons. The molecule has 0 spiro atoms. The molecular formula is C17H16N4O2. The van der Waals surface area contributed by atoms with E-state index in [1.807, 2.05) is 42.5 Å². The topological polar surface area (TPSA) is 90.9 Å². The van der Waals surface area contributed by atoms with Crippen molar-refractivity contribution in [1.82, 2.24) is 15.2 Å². The van der Waals surface area contributed by atoms with E-state index in [1.165, 1.54) is 6.20 Å². The van der Waals surface area contributed by atoms with Gasteiger partial charge in [-0.15, -0.1) is 0 Å². The second-order valence-electron chi connectivity index (χ2n) is 5.00. The molecular weight excluding hydrogens is 292 g/mol. The first-order valence-electron chi connectivity index (χ1n) is 7.24. The Hall–Kier alpha value is -2.99. The Labute approximate surface area is 133 Å². The van der Waals surface area contributed by atoms with Crippen molar-refractivity contribution in [1.29, 1.82) is 0 Å². The number of H-pyrrole nitrogens is 1. The largest absolute Gasteiger partial charge is 0.396 e. The average molecular weight is 308 g/mol. The zero-order valence-electron chi connectivity index (χ0n) is 12.4. The summed E-state index contributed by atoms with van der Waals surface area (Å²) in [5.41, 5.74) is 3.38. The molecule has 0 atom stereocenters. The number of carbonyl (C=O) groups excluding carboxylic acids is 1. The monoisotopic (exact) mass is 308 g/mol. The molecule has 6 nitrogen and oxygen atoms in total. The number of carbonyl (C=O) groups is 1. The number of aliphatic hydroxyl groups excluding tert-OH is 1. The molecule has 2 heterocycles. The Kier molecular flexibility index (Phi) is 4.44. The fourth-order valence-electron chi connectivity index (χ4n) is 2.25. The van der Waals surface area contributed by atoms with E-state index >= 15 is 0 Å². The standard InChI is InChI=1S/C17H16N4O2/c22-10-8-12-4-6-13(7-5-12)20-17(23)14-11-19-21-16(14)15-3-1-2-9-18-15/h1-7,9,11,22H,8,10H2,(H,19,21)(H,20,23). The average Bonchev–Trinajstić information content (AvgIpc) is 3.07. The minimum atomic E-state index is -0.255. The van der Waals surface area contributed by atoms with Crippen molar-refractivity contribution in [2.45, 2.75) is 6.42 Å². The first-order chi connectivity index (χ1) is 11.3. The van der Waals surface area contributed by atoms with Gasteiger partial charge in [0.25, 0.3) is 5.91 Å². The number of pyridine rings is 1. The molecule has 0 unspecified atom stereocenters. The summed E-state index contributed by atoms with van der Waals surface area (Å²) in [5, 5.41) is 18.5. The van der Waals surface area contributed by atoms with Crippen LogP contribution in [0.2, 0.25) is 0 Å². The molecule has 0 aliphatic rings. The number of aliphatic hydroxyl groups is 1. The van der Waals surface area contributed by atoms with Crippen LogP contribution < -0.4 is 5.32 Å². The lowest BCUT2D eigenvalue weighted by Crippen LogP contribution is -2.12. The van der Waals surface area contributed by atoms with E-state index in [1.54, 1.807) is 6.20 Å². The molecule has 3 rings (SSSR count). The maximum atomic E-state index is 12.4. The van der Waals surface area contributed by atoms with Crippen LogP contribution in [0.25, 0.3) is 11.4 Å². The van der Waals surface area contributed by atoms with Crippen molar-refractivity contribution in [2.75, 3.05) is 11.9 Å². The number of nitrogens with zero attached hydrogens (tertiary/aromatic N) is 2. The smallest absolute Gasteiger partial charge is 0.259 e. The van der Waals surface area contributed by atoms with Crippen LogP contribution in [0.15, 0.2) is 54.9 Å². The number of nitrogens with one attached hydrogen (secondary N) is 2. The van der Waals surface area contributed by atoms with E-state index < -0.39 is 0 Å². The van der Waals surface area contributed by atoms with Crippen molar-refractivity contribution in [3.8, 4) is 11.4 Å². The Morgan fingerprint density at radius 2 is 2.00 bits per heavy atom. The van der Waals surface area contributed by atoms with Crippen molar-refractivity contribution >= 4 is 11.6 Å². The number of hydrogen-bond donors (Lipinski definition) is 3. The van der Waals surface area contributed by atoms with Crippen LogP contribution in [0.3, 0.4) is 0 Å². The summed E-state index contributed by atoms with van der Waals surface area (Å²) in [5.74, 6) is -0.255. The fraction of sp³-hybridized carbons (Fsp3) is 0.118. The van der Waals surface area contributed by atoms with Crippen LogP contribution >= 0.6 is 0 Å². The van der Waals surface area contributed by atoms with E-state index in [2.05, 4.69) is 20.5 Å². The van der Waals surface area contributed by atoms with Gasteiger partial charge in [0.15, 0.2) is 0 Å². The number of hydrogen-bond acceptors (Lipinski definition) is 4. The summed E-state index contributed by atoms with van der Waals surface area (Å²) in [4.78, 5) is 16.7. The zero-order valence-corrected chi connectivity index (χ0v) is 12.4. The van der Waals surface area contributed by atoms with Crippen molar-refractivity contribution in [3.05, 3.63) is 66.0 Å². The highest BCUT2D eigenvalue weighted by Gasteiger charge is 2.16. The van der Waals surface area contributed by atoms with Gasteiger partial charge >= 0.3 is 0 Å². The van der Waals surface area contributed by atoms with Crippen LogP contribution in [0.4, 0.5) is 5.69 Å². The molecule has 23 heavy (non-hydrogen) atoms. The quantitative estimate of drug-likeness (QED) is 0.674. The van der Waals surface area contributed by atoms with Crippen LogP contribution in [0.5, 0.6) is 0 Å².